The molecule has 0 bridgehead atoms. The summed E-state index contributed by atoms with van der Waals surface area (Å²) in [7, 11) is 4.14. The molecule has 0 saturated heterocycles. The Labute approximate surface area is 152 Å². The van der Waals surface area contributed by atoms with Crippen molar-refractivity contribution in [2.45, 2.75) is 12.5 Å². The molecule has 0 fully saturated rings. The molecule has 0 aliphatic carbocycles. The van der Waals surface area contributed by atoms with Crippen molar-refractivity contribution < 1.29 is 0 Å². The van der Waals surface area contributed by atoms with Gasteiger partial charge in [-0.3, -0.25) is 5.01 Å². The van der Waals surface area contributed by atoms with Crippen molar-refractivity contribution >= 4 is 28.4 Å². The summed E-state index contributed by atoms with van der Waals surface area (Å²) in [5.41, 5.74) is 4.81. The van der Waals surface area contributed by atoms with Gasteiger partial charge in [0.05, 0.1) is 22.3 Å². The van der Waals surface area contributed by atoms with Crippen LogP contribution in [0.15, 0.2) is 77.2 Å². The fourth-order valence-corrected chi connectivity index (χ4v) is 3.90. The molecule has 0 amide bonds. The molecule has 3 nitrogen and oxygen atoms in total. The van der Waals surface area contributed by atoms with Crippen LogP contribution in [0.2, 0.25) is 0 Å². The molecule has 2 aromatic carbocycles. The molecule has 4 heteroatoms. The van der Waals surface area contributed by atoms with Gasteiger partial charge in [0.25, 0.3) is 0 Å². The minimum atomic E-state index is 0.232. The Bertz CT molecular complexity index is 852. The summed E-state index contributed by atoms with van der Waals surface area (Å²) in [6.07, 6.45) is 0.927. The molecule has 126 valence electrons. The van der Waals surface area contributed by atoms with Crippen molar-refractivity contribution in [2.75, 3.05) is 24.0 Å². The number of hydrogen-bond acceptors (Lipinski definition) is 4. The number of hydrogen-bond donors (Lipinski definition) is 0. The first-order valence-electron chi connectivity index (χ1n) is 8.45. The second-order valence-corrected chi connectivity index (χ2v) is 7.36. The molecule has 2 heterocycles. The lowest BCUT2D eigenvalue weighted by atomic mass is 10.0. The Balaban J connectivity index is 1.70. The largest absolute Gasteiger partial charge is 0.378 e. The summed E-state index contributed by atoms with van der Waals surface area (Å²) < 4.78 is 0. The molecule has 0 saturated carbocycles. The molecule has 1 aromatic heterocycles. The molecule has 3 aromatic rings. The molecule has 0 radical (unpaired) electrons. The van der Waals surface area contributed by atoms with Crippen molar-refractivity contribution in [1.82, 2.24) is 0 Å². The number of thiophene rings is 1. The molecule has 4 rings (SSSR count). The Morgan fingerprint density at radius 1 is 0.960 bits per heavy atom. The van der Waals surface area contributed by atoms with E-state index in [1.165, 1.54) is 21.8 Å². The predicted molar refractivity (Wildman–Crippen MR) is 108 cm³/mol. The van der Waals surface area contributed by atoms with E-state index >= 15 is 0 Å². The first-order valence-corrected chi connectivity index (χ1v) is 9.33. The van der Waals surface area contributed by atoms with Crippen molar-refractivity contribution in [3.8, 4) is 0 Å². The second kappa shape index (κ2) is 6.73. The van der Waals surface area contributed by atoms with Crippen molar-refractivity contribution in [1.29, 1.82) is 0 Å². The Morgan fingerprint density at radius 2 is 1.72 bits per heavy atom. The lowest BCUT2D eigenvalue weighted by Crippen LogP contribution is -2.18. The van der Waals surface area contributed by atoms with Gasteiger partial charge in [0.2, 0.25) is 0 Å². The number of para-hydroxylation sites is 1. The Morgan fingerprint density at radius 3 is 2.36 bits per heavy atom. The Hall–Kier alpha value is -2.59. The SMILES string of the molecule is CN(C)c1ccc([C@H]2CC(c3cccs3)=NN2c2ccccc2)cc1. The topological polar surface area (TPSA) is 18.8 Å². The van der Waals surface area contributed by atoms with E-state index in [9.17, 15) is 0 Å². The molecule has 1 aliphatic rings. The van der Waals surface area contributed by atoms with Crippen molar-refractivity contribution in [3.05, 3.63) is 82.6 Å². The van der Waals surface area contributed by atoms with E-state index in [2.05, 4.69) is 90.0 Å². The van der Waals surface area contributed by atoms with E-state index in [-0.39, 0.29) is 6.04 Å². The highest BCUT2D eigenvalue weighted by Gasteiger charge is 2.30. The van der Waals surface area contributed by atoms with Gasteiger partial charge in [-0.25, -0.2) is 0 Å². The third-order valence-corrected chi connectivity index (χ3v) is 5.45. The number of anilines is 2. The summed E-state index contributed by atoms with van der Waals surface area (Å²) >= 11 is 1.76. The van der Waals surface area contributed by atoms with E-state index in [1.807, 2.05) is 6.07 Å². The number of nitrogens with zero attached hydrogens (tertiary/aromatic N) is 3. The molecule has 0 N–H and O–H groups in total. The zero-order chi connectivity index (χ0) is 17.2. The molecule has 1 aliphatic heterocycles. The monoisotopic (exact) mass is 347 g/mol. The third-order valence-electron chi connectivity index (χ3n) is 4.53. The van der Waals surface area contributed by atoms with Crippen LogP contribution >= 0.6 is 11.3 Å². The van der Waals surface area contributed by atoms with Gasteiger partial charge in [0.15, 0.2) is 0 Å². The van der Waals surface area contributed by atoms with Gasteiger partial charge in [-0.2, -0.15) is 5.10 Å². The van der Waals surface area contributed by atoms with Gasteiger partial charge < -0.3 is 4.90 Å². The highest BCUT2D eigenvalue weighted by atomic mass is 32.1. The van der Waals surface area contributed by atoms with Crippen molar-refractivity contribution in [2.24, 2.45) is 5.10 Å². The number of hydrazone groups is 1. The molecular weight excluding hydrogens is 326 g/mol. The standard InChI is InChI=1S/C21H21N3S/c1-23(2)17-12-10-16(11-13-17)20-15-19(21-9-6-14-25-21)22-24(20)18-7-4-3-5-8-18/h3-14,20H,15H2,1-2H3/t20-/m1/s1. The molecular formula is C21H21N3S. The van der Waals surface area contributed by atoms with Gasteiger partial charge in [-0.15, -0.1) is 11.3 Å². The van der Waals surface area contributed by atoms with Crippen LogP contribution in [-0.2, 0) is 0 Å². The normalized spacial score (nSPS) is 16.8. The predicted octanol–water partition coefficient (Wildman–Crippen LogP) is 5.17. The van der Waals surface area contributed by atoms with E-state index < -0.39 is 0 Å². The molecule has 1 atom stereocenters. The minimum Gasteiger partial charge on any atom is -0.378 e. The quantitative estimate of drug-likeness (QED) is 0.648. The average molecular weight is 347 g/mol. The van der Waals surface area contributed by atoms with E-state index in [0.717, 1.165) is 12.1 Å². The van der Waals surface area contributed by atoms with Gasteiger partial charge in [0.1, 0.15) is 0 Å². The van der Waals surface area contributed by atoms with Gasteiger partial charge >= 0.3 is 0 Å². The minimum absolute atomic E-state index is 0.232. The van der Waals surface area contributed by atoms with Crippen molar-refractivity contribution in [3.63, 3.8) is 0 Å². The van der Waals surface area contributed by atoms with Crippen LogP contribution in [0.25, 0.3) is 0 Å². The molecule has 25 heavy (non-hydrogen) atoms. The number of rotatable bonds is 4. The second-order valence-electron chi connectivity index (χ2n) is 6.41. The zero-order valence-electron chi connectivity index (χ0n) is 14.5. The van der Waals surface area contributed by atoms with Crippen LogP contribution in [0.5, 0.6) is 0 Å². The van der Waals surface area contributed by atoms with Gasteiger partial charge in [-0.05, 0) is 41.3 Å². The lowest BCUT2D eigenvalue weighted by Gasteiger charge is -2.24. The maximum absolute atomic E-state index is 4.97. The maximum atomic E-state index is 4.97. The number of benzene rings is 2. The van der Waals surface area contributed by atoms with Gasteiger partial charge in [-0.1, -0.05) is 36.4 Å². The fraction of sp³-hybridized carbons (Fsp3) is 0.190. The van der Waals surface area contributed by atoms with Crippen LogP contribution in [0.4, 0.5) is 11.4 Å². The highest BCUT2D eigenvalue weighted by molar-refractivity contribution is 7.12. The van der Waals surface area contributed by atoms with Gasteiger partial charge in [0, 0.05) is 26.2 Å². The maximum Gasteiger partial charge on any atom is 0.0832 e. The first kappa shape index (κ1) is 15.9. The molecule has 0 spiro atoms. The summed E-state index contributed by atoms with van der Waals surface area (Å²) in [6, 6.07) is 23.7. The van der Waals surface area contributed by atoms with Crippen LogP contribution in [0.1, 0.15) is 22.9 Å². The summed E-state index contributed by atoms with van der Waals surface area (Å²) in [5.74, 6) is 0. The Kier molecular flexibility index (Phi) is 4.28. The summed E-state index contributed by atoms with van der Waals surface area (Å²) in [4.78, 5) is 3.38. The van der Waals surface area contributed by atoms with Crippen LogP contribution in [-0.4, -0.2) is 19.8 Å². The van der Waals surface area contributed by atoms with E-state index in [1.54, 1.807) is 11.3 Å². The summed E-state index contributed by atoms with van der Waals surface area (Å²) in [5, 5.41) is 9.25. The van der Waals surface area contributed by atoms with E-state index in [0.29, 0.717) is 0 Å². The fourth-order valence-electron chi connectivity index (χ4n) is 3.17. The lowest BCUT2D eigenvalue weighted by molar-refractivity contribution is 0.709. The zero-order valence-corrected chi connectivity index (χ0v) is 15.3. The van der Waals surface area contributed by atoms with Crippen LogP contribution in [0.3, 0.4) is 0 Å². The highest BCUT2D eigenvalue weighted by Crippen LogP contribution is 2.37. The van der Waals surface area contributed by atoms with Crippen LogP contribution in [0, 0.1) is 0 Å². The smallest absolute Gasteiger partial charge is 0.0832 e. The summed E-state index contributed by atoms with van der Waals surface area (Å²) in [6.45, 7) is 0. The third kappa shape index (κ3) is 3.17. The van der Waals surface area contributed by atoms with Crippen LogP contribution < -0.4 is 9.91 Å². The molecule has 0 unspecified atom stereocenters. The van der Waals surface area contributed by atoms with E-state index in [4.69, 9.17) is 5.10 Å². The first-order chi connectivity index (χ1) is 12.2. The average Bonchev–Trinajstić information content (AvgIpc) is 3.32.